The lowest BCUT2D eigenvalue weighted by Crippen LogP contribution is -2.35. The molecule has 6 heteroatoms. The fraction of sp³-hybridized carbons (Fsp3) is 0.429. The lowest BCUT2D eigenvalue weighted by Gasteiger charge is -2.12. The van der Waals surface area contributed by atoms with Crippen molar-refractivity contribution in [2.75, 3.05) is 25.5 Å². The number of carbonyl (C=O) groups is 2. The summed E-state index contributed by atoms with van der Waals surface area (Å²) in [6, 6.07) is 6.89. The summed E-state index contributed by atoms with van der Waals surface area (Å²) < 4.78 is 5.33. The molecular formula is C14H19N3O3. The molecule has 1 aromatic carbocycles. The van der Waals surface area contributed by atoms with Gasteiger partial charge in [-0.05, 0) is 31.5 Å². The lowest BCUT2D eigenvalue weighted by atomic mass is 10.2. The van der Waals surface area contributed by atoms with Crippen LogP contribution < -0.4 is 20.7 Å². The first-order chi connectivity index (χ1) is 9.69. The molecule has 2 rings (SSSR count). The summed E-state index contributed by atoms with van der Waals surface area (Å²) in [5, 5.41) is 8.46. The van der Waals surface area contributed by atoms with E-state index in [-0.39, 0.29) is 24.5 Å². The lowest BCUT2D eigenvalue weighted by molar-refractivity contribution is -0.122. The highest BCUT2D eigenvalue weighted by Crippen LogP contribution is 2.18. The molecule has 1 heterocycles. The normalized spacial score (nSPS) is 17.6. The van der Waals surface area contributed by atoms with Gasteiger partial charge in [-0.25, -0.2) is 0 Å². The quantitative estimate of drug-likeness (QED) is 0.732. The van der Waals surface area contributed by atoms with Crippen LogP contribution in [0.25, 0.3) is 0 Å². The van der Waals surface area contributed by atoms with Gasteiger partial charge in [-0.15, -0.1) is 0 Å². The SMILES string of the molecule is CNC(=O)COc1cccc(NC(=O)[C@@H]2CCCN2)c1. The van der Waals surface area contributed by atoms with Gasteiger partial charge in [-0.2, -0.15) is 0 Å². The van der Waals surface area contributed by atoms with Crippen molar-refractivity contribution in [3.05, 3.63) is 24.3 Å². The number of ether oxygens (including phenoxy) is 1. The van der Waals surface area contributed by atoms with Crippen molar-refractivity contribution in [1.82, 2.24) is 10.6 Å². The highest BCUT2D eigenvalue weighted by atomic mass is 16.5. The Hall–Kier alpha value is -2.08. The van der Waals surface area contributed by atoms with E-state index in [0.717, 1.165) is 19.4 Å². The van der Waals surface area contributed by atoms with E-state index in [0.29, 0.717) is 11.4 Å². The molecule has 1 aliphatic rings. The minimum atomic E-state index is -0.199. The average molecular weight is 277 g/mol. The fourth-order valence-electron chi connectivity index (χ4n) is 2.02. The first kappa shape index (κ1) is 14.3. The van der Waals surface area contributed by atoms with Crippen molar-refractivity contribution in [3.8, 4) is 5.75 Å². The monoisotopic (exact) mass is 277 g/mol. The third-order valence-electron chi connectivity index (χ3n) is 3.13. The van der Waals surface area contributed by atoms with Crippen molar-refractivity contribution in [2.24, 2.45) is 0 Å². The second-order valence-electron chi connectivity index (χ2n) is 4.63. The third-order valence-corrected chi connectivity index (χ3v) is 3.13. The predicted octanol–water partition coefficient (Wildman–Crippen LogP) is 0.502. The molecule has 6 nitrogen and oxygen atoms in total. The van der Waals surface area contributed by atoms with Gasteiger partial charge in [0.1, 0.15) is 5.75 Å². The molecular weight excluding hydrogens is 258 g/mol. The Morgan fingerprint density at radius 3 is 3.00 bits per heavy atom. The van der Waals surface area contributed by atoms with Gasteiger partial charge >= 0.3 is 0 Å². The summed E-state index contributed by atoms with van der Waals surface area (Å²) in [5.41, 5.74) is 0.665. The van der Waals surface area contributed by atoms with Crippen LogP contribution in [0, 0.1) is 0 Å². The van der Waals surface area contributed by atoms with E-state index < -0.39 is 0 Å². The summed E-state index contributed by atoms with van der Waals surface area (Å²) in [6.07, 6.45) is 1.88. The molecule has 3 N–H and O–H groups in total. The zero-order valence-electron chi connectivity index (χ0n) is 11.4. The van der Waals surface area contributed by atoms with Crippen LogP contribution in [0.5, 0.6) is 5.75 Å². The van der Waals surface area contributed by atoms with Crippen LogP contribution in [0.3, 0.4) is 0 Å². The molecule has 0 aromatic heterocycles. The van der Waals surface area contributed by atoms with Crippen LogP contribution in [0.4, 0.5) is 5.69 Å². The maximum Gasteiger partial charge on any atom is 0.257 e. The number of carbonyl (C=O) groups excluding carboxylic acids is 2. The summed E-state index contributed by atoms with van der Waals surface area (Å²) in [6.45, 7) is 0.839. The molecule has 0 saturated carbocycles. The minimum Gasteiger partial charge on any atom is -0.484 e. The number of benzene rings is 1. The Balaban J connectivity index is 1.91. The number of anilines is 1. The van der Waals surface area contributed by atoms with Gasteiger partial charge in [0.15, 0.2) is 6.61 Å². The molecule has 1 aliphatic heterocycles. The van der Waals surface area contributed by atoms with E-state index in [9.17, 15) is 9.59 Å². The summed E-state index contributed by atoms with van der Waals surface area (Å²) in [7, 11) is 1.55. The van der Waals surface area contributed by atoms with Gasteiger partial charge in [-0.3, -0.25) is 9.59 Å². The Bertz CT molecular complexity index is 484. The third kappa shape index (κ3) is 3.96. The van der Waals surface area contributed by atoms with E-state index in [1.165, 1.54) is 0 Å². The van der Waals surface area contributed by atoms with Crippen molar-refractivity contribution >= 4 is 17.5 Å². The summed E-state index contributed by atoms with van der Waals surface area (Å²) in [4.78, 5) is 23.1. The molecule has 1 aromatic rings. The number of amides is 2. The Kier molecular flexibility index (Phi) is 4.95. The molecule has 0 aliphatic carbocycles. The molecule has 1 saturated heterocycles. The second kappa shape index (κ2) is 6.91. The summed E-state index contributed by atoms with van der Waals surface area (Å²) >= 11 is 0. The van der Waals surface area contributed by atoms with Gasteiger partial charge in [0.2, 0.25) is 5.91 Å². The van der Waals surface area contributed by atoms with Crippen LogP contribution in [-0.2, 0) is 9.59 Å². The van der Waals surface area contributed by atoms with Gasteiger partial charge in [-0.1, -0.05) is 6.07 Å². The Morgan fingerprint density at radius 1 is 1.45 bits per heavy atom. The van der Waals surface area contributed by atoms with Gasteiger partial charge in [0, 0.05) is 18.8 Å². The topological polar surface area (TPSA) is 79.5 Å². The van der Waals surface area contributed by atoms with Crippen LogP contribution in [0.2, 0.25) is 0 Å². The largest absolute Gasteiger partial charge is 0.484 e. The first-order valence-corrected chi connectivity index (χ1v) is 6.67. The highest BCUT2D eigenvalue weighted by Gasteiger charge is 2.21. The van der Waals surface area contributed by atoms with E-state index in [4.69, 9.17) is 4.74 Å². The molecule has 1 atom stereocenters. The highest BCUT2D eigenvalue weighted by molar-refractivity contribution is 5.95. The number of hydrogen-bond acceptors (Lipinski definition) is 4. The number of likely N-dealkylation sites (N-methyl/N-ethyl adjacent to an activating group) is 1. The van der Waals surface area contributed by atoms with Crippen molar-refractivity contribution < 1.29 is 14.3 Å². The molecule has 2 amide bonds. The van der Waals surface area contributed by atoms with Crippen LogP contribution >= 0.6 is 0 Å². The smallest absolute Gasteiger partial charge is 0.257 e. The van der Waals surface area contributed by atoms with E-state index in [1.807, 2.05) is 0 Å². The minimum absolute atomic E-state index is 0.0362. The van der Waals surface area contributed by atoms with Gasteiger partial charge < -0.3 is 20.7 Å². The van der Waals surface area contributed by atoms with E-state index in [1.54, 1.807) is 31.3 Å². The van der Waals surface area contributed by atoms with Gasteiger partial charge in [0.05, 0.1) is 6.04 Å². The molecule has 0 radical (unpaired) electrons. The molecule has 1 fully saturated rings. The fourth-order valence-corrected chi connectivity index (χ4v) is 2.02. The van der Waals surface area contributed by atoms with Crippen molar-refractivity contribution in [3.63, 3.8) is 0 Å². The standard InChI is InChI=1S/C14H19N3O3/c1-15-13(18)9-20-11-5-2-4-10(8-11)17-14(19)12-6-3-7-16-12/h2,4-5,8,12,16H,3,6-7,9H2,1H3,(H,15,18)(H,17,19)/t12-/m0/s1. The summed E-state index contributed by atoms with van der Waals surface area (Å²) in [5.74, 6) is 0.311. The van der Waals surface area contributed by atoms with Crippen molar-refractivity contribution in [2.45, 2.75) is 18.9 Å². The number of hydrogen-bond donors (Lipinski definition) is 3. The van der Waals surface area contributed by atoms with E-state index >= 15 is 0 Å². The molecule has 0 spiro atoms. The van der Waals surface area contributed by atoms with E-state index in [2.05, 4.69) is 16.0 Å². The zero-order chi connectivity index (χ0) is 14.4. The molecule has 20 heavy (non-hydrogen) atoms. The second-order valence-corrected chi connectivity index (χ2v) is 4.63. The Morgan fingerprint density at radius 2 is 2.30 bits per heavy atom. The predicted molar refractivity (Wildman–Crippen MR) is 75.7 cm³/mol. The van der Waals surface area contributed by atoms with Crippen LogP contribution in [0.15, 0.2) is 24.3 Å². The molecule has 0 unspecified atom stereocenters. The average Bonchev–Trinajstić information content (AvgIpc) is 2.99. The number of rotatable bonds is 5. The maximum atomic E-state index is 12.0. The van der Waals surface area contributed by atoms with Crippen LogP contribution in [0.1, 0.15) is 12.8 Å². The Labute approximate surface area is 117 Å². The number of nitrogens with one attached hydrogen (secondary N) is 3. The van der Waals surface area contributed by atoms with Gasteiger partial charge in [0.25, 0.3) is 5.91 Å². The zero-order valence-corrected chi connectivity index (χ0v) is 11.4. The maximum absolute atomic E-state index is 12.0. The molecule has 0 bridgehead atoms. The van der Waals surface area contributed by atoms with Crippen LogP contribution in [-0.4, -0.2) is 38.1 Å². The first-order valence-electron chi connectivity index (χ1n) is 6.67. The van der Waals surface area contributed by atoms with Crippen molar-refractivity contribution in [1.29, 1.82) is 0 Å². The molecule has 108 valence electrons.